The summed E-state index contributed by atoms with van der Waals surface area (Å²) in [4.78, 5) is 0. The summed E-state index contributed by atoms with van der Waals surface area (Å²) in [7, 11) is 0. The van der Waals surface area contributed by atoms with E-state index in [-0.39, 0.29) is 0 Å². The second kappa shape index (κ2) is 5.55. The fourth-order valence-electron chi connectivity index (χ4n) is 1.54. The third-order valence-corrected chi connectivity index (χ3v) is 2.61. The van der Waals surface area contributed by atoms with Gasteiger partial charge in [0.05, 0.1) is 0 Å². The average molecular weight is 200 g/mol. The van der Waals surface area contributed by atoms with Gasteiger partial charge < -0.3 is 0 Å². The van der Waals surface area contributed by atoms with E-state index in [4.69, 9.17) is 0 Å². The molecule has 0 heterocycles. The maximum atomic E-state index is 4.12. The molecule has 0 fully saturated rings. The Kier molecular flexibility index (Phi) is 4.36. The molecule has 0 N–H and O–H groups in total. The molecule has 0 spiro atoms. The summed E-state index contributed by atoms with van der Waals surface area (Å²) in [5.41, 5.74) is 3.85. The van der Waals surface area contributed by atoms with E-state index in [1.807, 2.05) is 6.08 Å². The summed E-state index contributed by atoms with van der Waals surface area (Å²) in [6.07, 6.45) is 3.95. The molecule has 0 aliphatic rings. The molecule has 0 aliphatic carbocycles. The molecule has 0 nitrogen and oxygen atoms in total. The van der Waals surface area contributed by atoms with Crippen molar-refractivity contribution in [3.63, 3.8) is 0 Å². The SMILES string of the molecule is C=CCCC(=C)c1cccc(C(C)C)c1. The van der Waals surface area contributed by atoms with E-state index in [0.717, 1.165) is 12.8 Å². The van der Waals surface area contributed by atoms with Crippen LogP contribution in [0.1, 0.15) is 43.7 Å². The first kappa shape index (κ1) is 11.8. The summed E-state index contributed by atoms with van der Waals surface area (Å²) in [6.45, 7) is 12.3. The van der Waals surface area contributed by atoms with Crippen molar-refractivity contribution in [2.45, 2.75) is 32.6 Å². The predicted molar refractivity (Wildman–Crippen MR) is 69.0 cm³/mol. The second-order valence-corrected chi connectivity index (χ2v) is 4.21. The van der Waals surface area contributed by atoms with Crippen LogP contribution < -0.4 is 0 Å². The average Bonchev–Trinajstić information content (AvgIpc) is 2.26. The van der Waals surface area contributed by atoms with Gasteiger partial charge in [-0.05, 0) is 35.5 Å². The molecule has 1 aromatic carbocycles. The number of hydrogen-bond donors (Lipinski definition) is 0. The van der Waals surface area contributed by atoms with Gasteiger partial charge in [-0.15, -0.1) is 6.58 Å². The van der Waals surface area contributed by atoms with E-state index in [9.17, 15) is 0 Å². The summed E-state index contributed by atoms with van der Waals surface area (Å²) >= 11 is 0. The Morgan fingerprint density at radius 2 is 2.13 bits per heavy atom. The molecule has 0 radical (unpaired) electrons. The van der Waals surface area contributed by atoms with Gasteiger partial charge in [0.1, 0.15) is 0 Å². The van der Waals surface area contributed by atoms with Gasteiger partial charge in [0.25, 0.3) is 0 Å². The lowest BCUT2D eigenvalue weighted by molar-refractivity contribution is 0.865. The Balaban J connectivity index is 2.80. The molecule has 1 rings (SSSR count). The van der Waals surface area contributed by atoms with Crippen LogP contribution in [-0.4, -0.2) is 0 Å². The molecular weight excluding hydrogens is 180 g/mol. The fourth-order valence-corrected chi connectivity index (χ4v) is 1.54. The topological polar surface area (TPSA) is 0 Å². The minimum atomic E-state index is 0.581. The maximum absolute atomic E-state index is 4.12. The van der Waals surface area contributed by atoms with Crippen LogP contribution in [0.5, 0.6) is 0 Å². The van der Waals surface area contributed by atoms with Crippen molar-refractivity contribution >= 4 is 5.57 Å². The minimum Gasteiger partial charge on any atom is -0.103 e. The Hall–Kier alpha value is -1.30. The highest BCUT2D eigenvalue weighted by molar-refractivity contribution is 5.64. The zero-order chi connectivity index (χ0) is 11.3. The molecular formula is C15H20. The lowest BCUT2D eigenvalue weighted by Gasteiger charge is -2.09. The molecule has 15 heavy (non-hydrogen) atoms. The van der Waals surface area contributed by atoms with Gasteiger partial charge in [0.2, 0.25) is 0 Å². The van der Waals surface area contributed by atoms with Crippen molar-refractivity contribution in [3.8, 4) is 0 Å². The van der Waals surface area contributed by atoms with Crippen LogP contribution in [0.25, 0.3) is 5.57 Å². The van der Waals surface area contributed by atoms with Crippen LogP contribution in [0.2, 0.25) is 0 Å². The quantitative estimate of drug-likeness (QED) is 0.599. The molecule has 1 aromatic rings. The highest BCUT2D eigenvalue weighted by Crippen LogP contribution is 2.22. The normalized spacial score (nSPS) is 10.3. The van der Waals surface area contributed by atoms with Crippen LogP contribution in [-0.2, 0) is 0 Å². The van der Waals surface area contributed by atoms with Gasteiger partial charge in [-0.2, -0.15) is 0 Å². The molecule has 0 unspecified atom stereocenters. The van der Waals surface area contributed by atoms with Gasteiger partial charge >= 0.3 is 0 Å². The standard InChI is InChI=1S/C15H20/c1-5-6-8-13(4)15-10-7-9-14(11-15)12(2)3/h5,7,9-12H,1,4,6,8H2,2-3H3. The summed E-state index contributed by atoms with van der Waals surface area (Å²) in [5.74, 6) is 0.581. The van der Waals surface area contributed by atoms with E-state index in [1.54, 1.807) is 0 Å². The van der Waals surface area contributed by atoms with Gasteiger partial charge in [0.15, 0.2) is 0 Å². The highest BCUT2D eigenvalue weighted by Gasteiger charge is 2.02. The maximum Gasteiger partial charge on any atom is -0.0219 e. The van der Waals surface area contributed by atoms with Gasteiger partial charge in [-0.3, -0.25) is 0 Å². The third kappa shape index (κ3) is 3.39. The van der Waals surface area contributed by atoms with Crippen molar-refractivity contribution in [1.82, 2.24) is 0 Å². The predicted octanol–water partition coefficient (Wildman–Crippen LogP) is 4.79. The largest absolute Gasteiger partial charge is 0.103 e. The zero-order valence-electron chi connectivity index (χ0n) is 9.79. The van der Waals surface area contributed by atoms with E-state index >= 15 is 0 Å². The third-order valence-electron chi connectivity index (χ3n) is 2.61. The molecule has 0 aliphatic heterocycles. The number of benzene rings is 1. The Morgan fingerprint density at radius 1 is 1.40 bits per heavy atom. The van der Waals surface area contributed by atoms with Crippen molar-refractivity contribution in [1.29, 1.82) is 0 Å². The molecule has 0 bridgehead atoms. The first-order chi connectivity index (χ1) is 7.15. The number of rotatable bonds is 5. The van der Waals surface area contributed by atoms with Crippen molar-refractivity contribution in [3.05, 3.63) is 54.6 Å². The van der Waals surface area contributed by atoms with Crippen LogP contribution >= 0.6 is 0 Å². The minimum absolute atomic E-state index is 0.581. The summed E-state index contributed by atoms with van der Waals surface area (Å²) in [5, 5.41) is 0. The molecule has 0 heteroatoms. The van der Waals surface area contributed by atoms with Crippen LogP contribution in [0, 0.1) is 0 Å². The summed E-state index contributed by atoms with van der Waals surface area (Å²) in [6, 6.07) is 8.67. The first-order valence-electron chi connectivity index (χ1n) is 5.54. The van der Waals surface area contributed by atoms with E-state index < -0.39 is 0 Å². The smallest absolute Gasteiger partial charge is 0.0219 e. The highest BCUT2D eigenvalue weighted by atomic mass is 14.1. The number of hydrogen-bond acceptors (Lipinski definition) is 0. The van der Waals surface area contributed by atoms with Crippen molar-refractivity contribution in [2.24, 2.45) is 0 Å². The lowest BCUT2D eigenvalue weighted by atomic mass is 9.96. The fraction of sp³-hybridized carbons (Fsp3) is 0.333. The summed E-state index contributed by atoms with van der Waals surface area (Å²) < 4.78 is 0. The van der Waals surface area contributed by atoms with E-state index in [2.05, 4.69) is 51.3 Å². The van der Waals surface area contributed by atoms with Crippen LogP contribution in [0.4, 0.5) is 0 Å². The van der Waals surface area contributed by atoms with E-state index in [1.165, 1.54) is 16.7 Å². The van der Waals surface area contributed by atoms with Gasteiger partial charge in [-0.1, -0.05) is 50.8 Å². The van der Waals surface area contributed by atoms with Crippen molar-refractivity contribution < 1.29 is 0 Å². The Labute approximate surface area is 93.3 Å². The molecule has 0 amide bonds. The molecule has 0 saturated carbocycles. The molecule has 0 aromatic heterocycles. The van der Waals surface area contributed by atoms with E-state index in [0.29, 0.717) is 5.92 Å². The Morgan fingerprint density at radius 3 is 2.73 bits per heavy atom. The molecule has 0 saturated heterocycles. The second-order valence-electron chi connectivity index (χ2n) is 4.21. The first-order valence-corrected chi connectivity index (χ1v) is 5.54. The molecule has 0 atom stereocenters. The van der Waals surface area contributed by atoms with Crippen LogP contribution in [0.15, 0.2) is 43.5 Å². The number of allylic oxidation sites excluding steroid dienone is 2. The van der Waals surface area contributed by atoms with Crippen LogP contribution in [0.3, 0.4) is 0 Å². The monoisotopic (exact) mass is 200 g/mol. The van der Waals surface area contributed by atoms with Gasteiger partial charge in [-0.25, -0.2) is 0 Å². The molecule has 80 valence electrons. The Bertz CT molecular complexity index is 345. The van der Waals surface area contributed by atoms with Crippen molar-refractivity contribution in [2.75, 3.05) is 0 Å². The van der Waals surface area contributed by atoms with Gasteiger partial charge in [0, 0.05) is 0 Å². The lowest BCUT2D eigenvalue weighted by Crippen LogP contribution is -1.90. The zero-order valence-corrected chi connectivity index (χ0v) is 9.79.